The second kappa shape index (κ2) is 10.7. The van der Waals surface area contributed by atoms with E-state index in [1.807, 2.05) is 12.1 Å². The number of hydrogen-bond acceptors (Lipinski definition) is 6. The molecular weight excluding hydrogens is 476 g/mol. The first-order valence-electron chi connectivity index (χ1n) is 11.8. The van der Waals surface area contributed by atoms with Gasteiger partial charge in [0.05, 0.1) is 0 Å². The number of carbonyl (C=O) groups is 4. The Morgan fingerprint density at radius 2 is 0.474 bits per heavy atom. The van der Waals surface area contributed by atoms with Crippen LogP contribution in [0.3, 0.4) is 0 Å². The maximum Gasteiger partial charge on any atom is 0.194 e. The van der Waals surface area contributed by atoms with Gasteiger partial charge in [0.15, 0.2) is 23.1 Å². The largest absolute Gasteiger partial charge is 0.289 e. The maximum absolute atomic E-state index is 12.1. The zero-order valence-electron chi connectivity index (χ0n) is 20.1. The van der Waals surface area contributed by atoms with Gasteiger partial charge in [0.25, 0.3) is 0 Å². The molecule has 38 heavy (non-hydrogen) atoms. The summed E-state index contributed by atoms with van der Waals surface area (Å²) in [6.45, 7) is 0. The number of nitrogens with zero attached hydrogens (tertiary/aromatic N) is 2. The number of carbonyl (C=O) groups excluding carboxylic acids is 4. The molecule has 1 heterocycles. The van der Waals surface area contributed by atoms with Crippen LogP contribution in [0.1, 0.15) is 63.7 Å². The fraction of sp³-hybridized carbons (Fsp3) is 0. The van der Waals surface area contributed by atoms with E-state index in [-0.39, 0.29) is 23.1 Å². The highest BCUT2D eigenvalue weighted by Gasteiger charge is 2.29. The molecule has 0 amide bonds. The summed E-state index contributed by atoms with van der Waals surface area (Å²) in [5.41, 5.74) is 4.05. The molecule has 7 rings (SSSR count). The van der Waals surface area contributed by atoms with Crippen LogP contribution in [-0.4, -0.2) is 33.3 Å². The Bertz CT molecular complexity index is 1340. The number of hydrogen-bond donors (Lipinski definition) is 0. The van der Waals surface area contributed by atoms with Crippen molar-refractivity contribution in [2.75, 3.05) is 0 Å². The van der Waals surface area contributed by atoms with Crippen molar-refractivity contribution in [2.45, 2.75) is 0 Å². The van der Waals surface area contributed by atoms with Crippen LogP contribution in [0.25, 0.3) is 0 Å². The van der Waals surface area contributed by atoms with Crippen molar-refractivity contribution < 1.29 is 19.2 Å². The molecule has 5 aromatic rings. The molecule has 1 aromatic heterocycles. The molecule has 6 heteroatoms. The lowest BCUT2D eigenvalue weighted by Crippen LogP contribution is -2.20. The van der Waals surface area contributed by atoms with Gasteiger partial charge in [-0.2, -0.15) is 10.2 Å². The van der Waals surface area contributed by atoms with Gasteiger partial charge in [0, 0.05) is 56.9 Å². The number of aromatic nitrogens is 2. The fourth-order valence-electron chi connectivity index (χ4n) is 4.35. The minimum absolute atomic E-state index is 0.0641. The van der Waals surface area contributed by atoms with Crippen LogP contribution in [0.15, 0.2) is 122 Å². The summed E-state index contributed by atoms with van der Waals surface area (Å²) in [6, 6.07) is 31.5. The fourth-order valence-corrected chi connectivity index (χ4v) is 4.35. The van der Waals surface area contributed by atoms with Gasteiger partial charge in [0.1, 0.15) is 0 Å². The smallest absolute Gasteiger partial charge is 0.194 e. The highest BCUT2D eigenvalue weighted by atomic mass is 16.1. The average molecular weight is 497 g/mol. The third kappa shape index (κ3) is 4.58. The zero-order chi connectivity index (χ0) is 26.5. The molecule has 0 fully saturated rings. The quantitative estimate of drug-likeness (QED) is 0.279. The van der Waals surface area contributed by atoms with E-state index in [2.05, 4.69) is 10.2 Å². The van der Waals surface area contributed by atoms with Crippen molar-refractivity contribution in [3.05, 3.63) is 166 Å². The van der Waals surface area contributed by atoms with Gasteiger partial charge in [-0.05, 0) is 12.1 Å². The molecule has 182 valence electrons. The number of rotatable bonds is 0. The predicted octanol–water partition coefficient (Wildman–Crippen LogP) is 5.40. The van der Waals surface area contributed by atoms with Crippen molar-refractivity contribution in [1.29, 1.82) is 0 Å². The van der Waals surface area contributed by atoms with Crippen molar-refractivity contribution in [1.82, 2.24) is 10.2 Å². The lowest BCUT2D eigenvalue weighted by Gasteiger charge is -2.16. The van der Waals surface area contributed by atoms with Crippen LogP contribution in [-0.2, 0) is 0 Å². The van der Waals surface area contributed by atoms with Crippen LogP contribution in [0.5, 0.6) is 0 Å². The first-order valence-corrected chi connectivity index (χ1v) is 11.8. The van der Waals surface area contributed by atoms with Crippen molar-refractivity contribution in [2.24, 2.45) is 0 Å². The molecule has 0 spiro atoms. The summed E-state index contributed by atoms with van der Waals surface area (Å²) in [6.07, 6.45) is 3.28. The molecular formula is C32H20N2O4. The predicted molar refractivity (Wildman–Crippen MR) is 142 cm³/mol. The number of fused-ring (bicyclic) bond motifs is 4. The van der Waals surface area contributed by atoms with Gasteiger partial charge < -0.3 is 0 Å². The molecule has 0 atom stereocenters. The average Bonchev–Trinajstić information content (AvgIpc) is 3.00. The maximum atomic E-state index is 12.1. The lowest BCUT2D eigenvalue weighted by molar-refractivity contribution is 0.0979. The third-order valence-electron chi connectivity index (χ3n) is 6.15. The van der Waals surface area contributed by atoms with Gasteiger partial charge >= 0.3 is 0 Å². The summed E-state index contributed by atoms with van der Waals surface area (Å²) in [5, 5.41) is 7.07. The van der Waals surface area contributed by atoms with Gasteiger partial charge in [-0.1, -0.05) is 97.1 Å². The zero-order valence-corrected chi connectivity index (χ0v) is 20.1. The van der Waals surface area contributed by atoms with E-state index in [0.29, 0.717) is 44.5 Å². The second-order valence-corrected chi connectivity index (χ2v) is 8.41. The van der Waals surface area contributed by atoms with E-state index in [9.17, 15) is 19.2 Å². The topological polar surface area (TPSA) is 94.1 Å². The molecule has 2 aliphatic carbocycles. The summed E-state index contributed by atoms with van der Waals surface area (Å²) in [5.74, 6) is -0.256. The van der Waals surface area contributed by atoms with E-state index < -0.39 is 0 Å². The van der Waals surface area contributed by atoms with Gasteiger partial charge in [0.2, 0.25) is 0 Å². The molecule has 0 saturated carbocycles. The van der Waals surface area contributed by atoms with E-state index in [1.54, 1.807) is 109 Å². The summed E-state index contributed by atoms with van der Waals surface area (Å²) in [7, 11) is 0. The minimum atomic E-state index is -0.0641. The molecule has 0 saturated heterocycles. The van der Waals surface area contributed by atoms with Crippen LogP contribution in [0.4, 0.5) is 0 Å². The Hall–Kier alpha value is -5.36. The third-order valence-corrected chi connectivity index (χ3v) is 6.15. The van der Waals surface area contributed by atoms with Crippen LogP contribution in [0, 0.1) is 0 Å². The van der Waals surface area contributed by atoms with Crippen LogP contribution < -0.4 is 0 Å². The van der Waals surface area contributed by atoms with E-state index in [4.69, 9.17) is 0 Å². The highest BCUT2D eigenvalue weighted by molar-refractivity contribution is 6.29. The normalized spacial score (nSPS) is 12.4. The molecule has 2 aliphatic rings. The van der Waals surface area contributed by atoms with Crippen LogP contribution in [0.2, 0.25) is 0 Å². The van der Waals surface area contributed by atoms with E-state index >= 15 is 0 Å². The first-order chi connectivity index (χ1) is 18.6. The minimum Gasteiger partial charge on any atom is -0.289 e. The van der Waals surface area contributed by atoms with Crippen molar-refractivity contribution in [3.8, 4) is 0 Å². The molecule has 6 nitrogen and oxygen atoms in total. The van der Waals surface area contributed by atoms with Crippen LogP contribution >= 0.6 is 0 Å². The molecule has 0 N–H and O–H groups in total. The Balaban J connectivity index is 0.000000128. The molecule has 4 aromatic carbocycles. The standard InChI is InChI=1S/2C14H8O2.C4H4N2/c2*15-13-9-5-1-2-6-10(9)14(16)12-8-4-3-7-11(12)13;1-2-4-6-5-3-1/h2*1-8H;1-4H. The Morgan fingerprint density at radius 1 is 0.289 bits per heavy atom. The molecule has 0 aliphatic heterocycles. The monoisotopic (exact) mass is 496 g/mol. The van der Waals surface area contributed by atoms with Gasteiger partial charge in [-0.3, -0.25) is 19.2 Å². The Kier molecular flexibility index (Phi) is 6.87. The Labute approximate surface area is 218 Å². The van der Waals surface area contributed by atoms with Gasteiger partial charge in [-0.25, -0.2) is 0 Å². The van der Waals surface area contributed by atoms with E-state index in [0.717, 1.165) is 0 Å². The summed E-state index contributed by atoms with van der Waals surface area (Å²) < 4.78 is 0. The van der Waals surface area contributed by atoms with Crippen molar-refractivity contribution in [3.63, 3.8) is 0 Å². The molecule has 0 bridgehead atoms. The van der Waals surface area contributed by atoms with Gasteiger partial charge in [-0.15, -0.1) is 0 Å². The summed E-state index contributed by atoms with van der Waals surface area (Å²) >= 11 is 0. The lowest BCUT2D eigenvalue weighted by atomic mass is 9.84. The SMILES string of the molecule is O=C1c2ccccc2C(=O)c2ccccc21.O=C1c2ccccc2C(=O)c2ccccc21.c1ccnnc1. The number of ketones is 4. The van der Waals surface area contributed by atoms with E-state index in [1.165, 1.54) is 0 Å². The molecule has 0 radical (unpaired) electrons. The highest BCUT2D eigenvalue weighted by Crippen LogP contribution is 2.27. The summed E-state index contributed by atoms with van der Waals surface area (Å²) in [4.78, 5) is 48.4. The van der Waals surface area contributed by atoms with Crippen molar-refractivity contribution >= 4 is 23.1 Å². The number of benzene rings is 4. The first kappa shape index (κ1) is 24.3. The second-order valence-electron chi connectivity index (χ2n) is 8.41. The Morgan fingerprint density at radius 3 is 0.605 bits per heavy atom. The molecule has 0 unspecified atom stereocenters.